The van der Waals surface area contributed by atoms with Crippen molar-refractivity contribution in [2.75, 3.05) is 0 Å². The van der Waals surface area contributed by atoms with Crippen molar-refractivity contribution in [2.24, 2.45) is 12.0 Å². The molecule has 0 spiro atoms. The van der Waals surface area contributed by atoms with E-state index in [1.807, 2.05) is 50.6 Å². The zero-order valence-corrected chi connectivity index (χ0v) is 13.7. The van der Waals surface area contributed by atoms with Crippen molar-refractivity contribution in [3.8, 4) is 5.75 Å². The molecule has 1 aromatic carbocycles. The minimum absolute atomic E-state index is 0.851. The van der Waals surface area contributed by atoms with Gasteiger partial charge in [-0.05, 0) is 38.7 Å². The molecule has 2 aromatic rings. The topological polar surface area (TPSA) is 39.4 Å². The summed E-state index contributed by atoms with van der Waals surface area (Å²) in [6.07, 6.45) is 3.80. The summed E-state index contributed by atoms with van der Waals surface area (Å²) in [5.74, 6) is 0.851. The Labute approximate surface area is 121 Å². The minimum atomic E-state index is -1.63. The highest BCUT2D eigenvalue weighted by molar-refractivity contribution is 6.70. The second kappa shape index (κ2) is 5.62. The van der Waals surface area contributed by atoms with Crippen molar-refractivity contribution in [3.05, 3.63) is 41.7 Å². The van der Waals surface area contributed by atoms with E-state index < -0.39 is 8.32 Å². The lowest BCUT2D eigenvalue weighted by Crippen LogP contribution is -2.29. The smallest absolute Gasteiger partial charge is 0.242 e. The molecule has 5 heteroatoms. The molecule has 0 saturated heterocycles. The Kier molecular flexibility index (Phi) is 4.08. The summed E-state index contributed by atoms with van der Waals surface area (Å²) in [5.41, 5.74) is 2.85. The van der Waals surface area contributed by atoms with Crippen molar-refractivity contribution in [1.82, 2.24) is 9.78 Å². The first-order valence-electron chi connectivity index (χ1n) is 6.67. The average molecular weight is 287 g/mol. The average Bonchev–Trinajstić information content (AvgIpc) is 2.65. The van der Waals surface area contributed by atoms with Crippen LogP contribution in [0.3, 0.4) is 0 Å². The molecule has 0 fully saturated rings. The van der Waals surface area contributed by atoms with Crippen LogP contribution in [0.5, 0.6) is 5.75 Å². The zero-order valence-electron chi connectivity index (χ0n) is 12.7. The number of para-hydroxylation sites is 2. The van der Waals surface area contributed by atoms with Crippen LogP contribution in [-0.4, -0.2) is 24.3 Å². The highest BCUT2D eigenvalue weighted by Gasteiger charge is 2.17. The van der Waals surface area contributed by atoms with Gasteiger partial charge in [-0.1, -0.05) is 12.1 Å². The van der Waals surface area contributed by atoms with E-state index in [4.69, 9.17) is 4.43 Å². The number of rotatable bonds is 4. The summed E-state index contributed by atoms with van der Waals surface area (Å²) < 4.78 is 7.85. The largest absolute Gasteiger partial charge is 0.543 e. The van der Waals surface area contributed by atoms with Gasteiger partial charge in [0.15, 0.2) is 0 Å². The molecule has 0 aliphatic rings. The second-order valence-corrected chi connectivity index (χ2v) is 10.2. The molecular weight excluding hydrogens is 266 g/mol. The predicted octanol–water partition coefficient (Wildman–Crippen LogP) is 3.69. The van der Waals surface area contributed by atoms with Gasteiger partial charge in [0, 0.05) is 25.0 Å². The van der Waals surface area contributed by atoms with Crippen LogP contribution in [0.1, 0.15) is 11.3 Å². The third-order valence-electron chi connectivity index (χ3n) is 2.68. The van der Waals surface area contributed by atoms with E-state index in [1.54, 1.807) is 4.68 Å². The maximum Gasteiger partial charge on any atom is 0.242 e. The molecule has 0 aliphatic carbocycles. The van der Waals surface area contributed by atoms with Gasteiger partial charge in [-0.25, -0.2) is 0 Å². The molecule has 0 saturated carbocycles. The highest BCUT2D eigenvalue weighted by Crippen LogP contribution is 2.29. The minimum Gasteiger partial charge on any atom is -0.543 e. The molecule has 0 bridgehead atoms. The molecule has 2 rings (SSSR count). The summed E-state index contributed by atoms with van der Waals surface area (Å²) in [5, 5.41) is 4.31. The van der Waals surface area contributed by atoms with Crippen LogP contribution in [0.2, 0.25) is 19.6 Å². The van der Waals surface area contributed by atoms with Gasteiger partial charge in [0.1, 0.15) is 11.4 Å². The Morgan fingerprint density at radius 2 is 1.95 bits per heavy atom. The number of aliphatic imine (C=N–C) groups is 1. The molecular formula is C15H21N3OSi. The lowest BCUT2D eigenvalue weighted by Gasteiger charge is -2.20. The Hall–Kier alpha value is -1.88. The normalized spacial score (nSPS) is 12.1. The summed E-state index contributed by atoms with van der Waals surface area (Å²) in [4.78, 5) is 4.55. The van der Waals surface area contributed by atoms with Crippen LogP contribution >= 0.6 is 0 Å². The molecule has 4 nitrogen and oxygen atoms in total. The Balaban J connectivity index is 2.27. The van der Waals surface area contributed by atoms with E-state index in [-0.39, 0.29) is 0 Å². The third-order valence-corrected chi connectivity index (χ3v) is 3.51. The number of nitrogens with zero attached hydrogens (tertiary/aromatic N) is 3. The van der Waals surface area contributed by atoms with Crippen molar-refractivity contribution >= 4 is 20.2 Å². The Morgan fingerprint density at radius 1 is 1.25 bits per heavy atom. The predicted molar refractivity (Wildman–Crippen MR) is 85.6 cm³/mol. The molecule has 0 amide bonds. The van der Waals surface area contributed by atoms with Gasteiger partial charge in [-0.3, -0.25) is 9.67 Å². The fourth-order valence-corrected chi connectivity index (χ4v) is 2.70. The first-order valence-corrected chi connectivity index (χ1v) is 10.1. The van der Waals surface area contributed by atoms with E-state index in [0.717, 1.165) is 22.7 Å². The fourth-order valence-electron chi connectivity index (χ4n) is 1.86. The molecule has 1 aromatic heterocycles. The fraction of sp³-hybridized carbons (Fsp3) is 0.333. The van der Waals surface area contributed by atoms with Crippen molar-refractivity contribution in [3.63, 3.8) is 0 Å². The third kappa shape index (κ3) is 3.80. The molecule has 0 aliphatic heterocycles. The van der Waals surface area contributed by atoms with Crippen molar-refractivity contribution < 1.29 is 4.43 Å². The maximum atomic E-state index is 6.06. The van der Waals surface area contributed by atoms with E-state index in [0.29, 0.717) is 0 Å². The van der Waals surface area contributed by atoms with Gasteiger partial charge in [-0.15, -0.1) is 0 Å². The molecule has 0 unspecified atom stereocenters. The van der Waals surface area contributed by atoms with Crippen LogP contribution in [0.15, 0.2) is 35.5 Å². The standard InChI is InChI=1S/C15H21N3OSi/c1-12-13(11-18(2)17-12)10-16-14-8-6-7-9-15(14)19-20(3,4)5/h6-11H,1-5H3/b16-10+. The summed E-state index contributed by atoms with van der Waals surface area (Å²) in [7, 11) is 0.274. The first kappa shape index (κ1) is 14.5. The number of hydrogen-bond acceptors (Lipinski definition) is 3. The van der Waals surface area contributed by atoms with Gasteiger partial charge in [0.05, 0.1) is 5.69 Å². The van der Waals surface area contributed by atoms with Crippen LogP contribution in [0.4, 0.5) is 5.69 Å². The SMILES string of the molecule is Cc1nn(C)cc1/C=N/c1ccccc1O[Si](C)(C)C. The Bertz CT molecular complexity index is 626. The zero-order chi connectivity index (χ0) is 14.8. The van der Waals surface area contributed by atoms with Gasteiger partial charge >= 0.3 is 0 Å². The highest BCUT2D eigenvalue weighted by atomic mass is 28.4. The van der Waals surface area contributed by atoms with E-state index in [2.05, 4.69) is 29.7 Å². The monoisotopic (exact) mass is 287 g/mol. The van der Waals surface area contributed by atoms with Crippen LogP contribution in [-0.2, 0) is 7.05 Å². The second-order valence-electron chi connectivity index (χ2n) is 5.78. The summed E-state index contributed by atoms with van der Waals surface area (Å²) >= 11 is 0. The van der Waals surface area contributed by atoms with Gasteiger partial charge < -0.3 is 4.43 Å². The number of hydrogen-bond donors (Lipinski definition) is 0. The van der Waals surface area contributed by atoms with Gasteiger partial charge in [0.2, 0.25) is 8.32 Å². The number of aromatic nitrogens is 2. The molecule has 106 valence electrons. The number of benzene rings is 1. The molecule has 0 N–H and O–H groups in total. The summed E-state index contributed by atoms with van der Waals surface area (Å²) in [6, 6.07) is 7.89. The van der Waals surface area contributed by atoms with Crippen LogP contribution < -0.4 is 4.43 Å². The van der Waals surface area contributed by atoms with Gasteiger partial charge in [-0.2, -0.15) is 5.10 Å². The lowest BCUT2D eigenvalue weighted by molar-refractivity contribution is 0.559. The van der Waals surface area contributed by atoms with Crippen LogP contribution in [0.25, 0.3) is 0 Å². The quantitative estimate of drug-likeness (QED) is 0.635. The molecule has 0 radical (unpaired) electrons. The summed E-state index contributed by atoms with van der Waals surface area (Å²) in [6.45, 7) is 8.47. The number of aryl methyl sites for hydroxylation is 2. The van der Waals surface area contributed by atoms with Gasteiger partial charge in [0.25, 0.3) is 0 Å². The van der Waals surface area contributed by atoms with Crippen molar-refractivity contribution in [2.45, 2.75) is 26.6 Å². The first-order chi connectivity index (χ1) is 9.35. The lowest BCUT2D eigenvalue weighted by atomic mass is 10.3. The van der Waals surface area contributed by atoms with Crippen molar-refractivity contribution in [1.29, 1.82) is 0 Å². The van der Waals surface area contributed by atoms with E-state index in [9.17, 15) is 0 Å². The van der Waals surface area contributed by atoms with E-state index in [1.165, 1.54) is 0 Å². The molecule has 20 heavy (non-hydrogen) atoms. The maximum absolute atomic E-state index is 6.06. The molecule has 0 atom stereocenters. The molecule has 1 heterocycles. The Morgan fingerprint density at radius 3 is 2.55 bits per heavy atom. The van der Waals surface area contributed by atoms with E-state index >= 15 is 0 Å². The van der Waals surface area contributed by atoms with Crippen LogP contribution in [0, 0.1) is 6.92 Å².